The van der Waals surface area contributed by atoms with E-state index in [2.05, 4.69) is 25.6 Å². The van der Waals surface area contributed by atoms with Crippen molar-refractivity contribution >= 4 is 34.0 Å². The molecule has 7 nitrogen and oxygen atoms in total. The number of anilines is 1. The van der Waals surface area contributed by atoms with E-state index in [0.29, 0.717) is 16.1 Å². The minimum Gasteiger partial charge on any atom is -0.294 e. The monoisotopic (exact) mass is 346 g/mol. The maximum atomic E-state index is 12.3. The Morgan fingerprint density at radius 2 is 2.17 bits per heavy atom. The zero-order chi connectivity index (χ0) is 15.8. The minimum atomic E-state index is -0.408. The smallest absolute Gasteiger partial charge is 0.294 e. The Bertz CT molecular complexity index is 858. The van der Waals surface area contributed by atoms with E-state index >= 15 is 0 Å². The van der Waals surface area contributed by atoms with Gasteiger partial charge in [0.2, 0.25) is 11.0 Å². The average molecular weight is 347 g/mol. The summed E-state index contributed by atoms with van der Waals surface area (Å²) in [7, 11) is 0. The molecular weight excluding hydrogens is 336 g/mol. The van der Waals surface area contributed by atoms with Gasteiger partial charge in [0.05, 0.1) is 10.7 Å². The van der Waals surface area contributed by atoms with Crippen LogP contribution < -0.4 is 5.32 Å². The molecule has 2 heterocycles. The summed E-state index contributed by atoms with van der Waals surface area (Å²) in [5, 5.41) is 15.4. The van der Waals surface area contributed by atoms with Crippen LogP contribution in [0.1, 0.15) is 35.2 Å². The van der Waals surface area contributed by atoms with Crippen LogP contribution >= 0.6 is 22.9 Å². The Hall–Kier alpha value is -2.32. The van der Waals surface area contributed by atoms with Crippen molar-refractivity contribution < 1.29 is 4.79 Å². The molecule has 0 unspecified atom stereocenters. The number of benzene rings is 1. The summed E-state index contributed by atoms with van der Waals surface area (Å²) in [5.41, 5.74) is 2.26. The van der Waals surface area contributed by atoms with Crippen LogP contribution in [-0.4, -0.2) is 30.9 Å². The highest BCUT2D eigenvalue weighted by molar-refractivity contribution is 7.13. The highest BCUT2D eigenvalue weighted by Crippen LogP contribution is 2.40. The van der Waals surface area contributed by atoms with Gasteiger partial charge < -0.3 is 0 Å². The average Bonchev–Trinajstić information content (AvgIpc) is 3.09. The number of carbonyl (C=O) groups is 1. The zero-order valence-electron chi connectivity index (χ0n) is 11.8. The molecule has 0 saturated heterocycles. The number of hydrogen-bond donors (Lipinski definition) is 1. The van der Waals surface area contributed by atoms with Crippen molar-refractivity contribution in [1.29, 1.82) is 0 Å². The maximum absolute atomic E-state index is 12.3. The van der Waals surface area contributed by atoms with Crippen LogP contribution in [-0.2, 0) is 0 Å². The number of nitrogens with zero attached hydrogens (tertiary/aromatic N) is 5. The molecule has 9 heteroatoms. The van der Waals surface area contributed by atoms with Crippen LogP contribution in [0.4, 0.5) is 5.13 Å². The molecule has 1 fully saturated rings. The fourth-order valence-corrected chi connectivity index (χ4v) is 2.86. The molecule has 1 aliphatic rings. The molecule has 0 bridgehead atoms. The van der Waals surface area contributed by atoms with E-state index in [1.54, 1.807) is 16.3 Å². The number of aromatic nitrogens is 5. The van der Waals surface area contributed by atoms with E-state index in [1.807, 2.05) is 18.2 Å². The fraction of sp³-hybridized carbons (Fsp3) is 0.214. The first-order valence-corrected chi connectivity index (χ1v) is 8.27. The van der Waals surface area contributed by atoms with Gasteiger partial charge in [0.15, 0.2) is 0 Å². The van der Waals surface area contributed by atoms with Gasteiger partial charge in [-0.25, -0.2) is 9.67 Å². The van der Waals surface area contributed by atoms with Gasteiger partial charge >= 0.3 is 0 Å². The Kier molecular flexibility index (Phi) is 3.55. The molecule has 0 aliphatic heterocycles. The molecule has 1 saturated carbocycles. The predicted molar refractivity (Wildman–Crippen MR) is 86.2 cm³/mol. The second-order valence-electron chi connectivity index (χ2n) is 5.13. The third-order valence-electron chi connectivity index (χ3n) is 3.44. The van der Waals surface area contributed by atoms with E-state index in [1.165, 1.54) is 11.3 Å². The molecule has 1 N–H and O–H groups in total. The van der Waals surface area contributed by atoms with Gasteiger partial charge in [-0.2, -0.15) is 0 Å². The molecule has 2 aromatic heterocycles. The third kappa shape index (κ3) is 2.82. The summed E-state index contributed by atoms with van der Waals surface area (Å²) in [6.07, 6.45) is 2.08. The van der Waals surface area contributed by atoms with Gasteiger partial charge in [0.1, 0.15) is 11.3 Å². The number of rotatable bonds is 4. The molecule has 1 aromatic carbocycles. The van der Waals surface area contributed by atoms with Crippen LogP contribution in [0.3, 0.4) is 0 Å². The van der Waals surface area contributed by atoms with E-state index in [0.717, 1.165) is 24.4 Å². The van der Waals surface area contributed by atoms with Crippen molar-refractivity contribution in [3.8, 4) is 5.69 Å². The lowest BCUT2D eigenvalue weighted by molar-refractivity contribution is 0.101. The van der Waals surface area contributed by atoms with Crippen molar-refractivity contribution in [2.24, 2.45) is 0 Å². The van der Waals surface area contributed by atoms with Crippen molar-refractivity contribution in [2.45, 2.75) is 18.8 Å². The fourth-order valence-electron chi connectivity index (χ4n) is 2.21. The number of nitrogens with one attached hydrogen (secondary N) is 1. The molecule has 1 aliphatic carbocycles. The Morgan fingerprint density at radius 1 is 1.35 bits per heavy atom. The topological polar surface area (TPSA) is 85.6 Å². The molecule has 0 radical (unpaired) electrons. The number of para-hydroxylation sites is 1. The Labute approximate surface area is 140 Å². The van der Waals surface area contributed by atoms with Crippen LogP contribution in [0.5, 0.6) is 0 Å². The Balaban J connectivity index is 1.71. The van der Waals surface area contributed by atoms with Gasteiger partial charge in [-0.15, -0.1) is 15.3 Å². The number of halogens is 1. The zero-order valence-corrected chi connectivity index (χ0v) is 13.4. The highest BCUT2D eigenvalue weighted by Gasteiger charge is 2.32. The summed E-state index contributed by atoms with van der Waals surface area (Å²) in [6.45, 7) is 0. The summed E-state index contributed by atoms with van der Waals surface area (Å²) in [6, 6.07) is 7.37. The quantitative estimate of drug-likeness (QED) is 0.785. The van der Waals surface area contributed by atoms with E-state index in [4.69, 9.17) is 11.6 Å². The Morgan fingerprint density at radius 3 is 2.87 bits per heavy atom. The lowest BCUT2D eigenvalue weighted by Gasteiger charge is -2.06. The largest absolute Gasteiger partial charge is 0.297 e. The number of hydrogen-bond acceptors (Lipinski definition) is 6. The first kappa shape index (κ1) is 14.3. The molecule has 0 atom stereocenters. The summed E-state index contributed by atoms with van der Waals surface area (Å²) < 4.78 is 1.66. The van der Waals surface area contributed by atoms with Crippen LogP contribution in [0, 0.1) is 0 Å². The highest BCUT2D eigenvalue weighted by atomic mass is 35.5. The molecular formula is C14H11ClN6OS. The second-order valence-corrected chi connectivity index (χ2v) is 6.37. The van der Waals surface area contributed by atoms with Crippen molar-refractivity contribution in [2.75, 3.05) is 5.32 Å². The molecule has 23 heavy (non-hydrogen) atoms. The van der Waals surface area contributed by atoms with E-state index < -0.39 is 5.91 Å². The summed E-state index contributed by atoms with van der Waals surface area (Å²) >= 11 is 7.49. The van der Waals surface area contributed by atoms with E-state index in [-0.39, 0.29) is 5.82 Å². The minimum absolute atomic E-state index is 0.0991. The first-order valence-electron chi connectivity index (χ1n) is 7.02. The number of carbonyl (C=O) groups excluding carboxylic acids is 1. The third-order valence-corrected chi connectivity index (χ3v) is 4.37. The van der Waals surface area contributed by atoms with Gasteiger partial charge in [0, 0.05) is 5.92 Å². The molecule has 4 rings (SSSR count). The van der Waals surface area contributed by atoms with Crippen molar-refractivity contribution in [3.63, 3.8) is 0 Å². The van der Waals surface area contributed by atoms with E-state index in [9.17, 15) is 4.79 Å². The number of amides is 1. The lowest BCUT2D eigenvalue weighted by atomic mass is 10.3. The molecule has 116 valence electrons. The first-order chi connectivity index (χ1) is 11.2. The van der Waals surface area contributed by atoms with Gasteiger partial charge in [-0.05, 0) is 25.0 Å². The van der Waals surface area contributed by atoms with Crippen molar-refractivity contribution in [1.82, 2.24) is 25.0 Å². The van der Waals surface area contributed by atoms with Crippen molar-refractivity contribution in [3.05, 3.63) is 46.4 Å². The maximum Gasteiger partial charge on any atom is 0.297 e. The van der Waals surface area contributed by atoms with Crippen LogP contribution in [0.2, 0.25) is 5.02 Å². The normalized spacial score (nSPS) is 14.0. The van der Waals surface area contributed by atoms with Crippen LogP contribution in [0.15, 0.2) is 29.8 Å². The molecule has 1 amide bonds. The second kappa shape index (κ2) is 5.71. The predicted octanol–water partition coefficient (Wildman–Crippen LogP) is 2.90. The standard InChI is InChI=1S/C14H11ClN6OS/c15-9-3-1-2-4-10(9)21-12(8-5-6-8)17-11(20-21)13(22)18-14-19-16-7-23-14/h1-4,7-8H,5-6H2,(H,18,19,22). The SMILES string of the molecule is O=C(Nc1nncs1)c1nc(C2CC2)n(-c2ccccc2Cl)n1. The lowest BCUT2D eigenvalue weighted by Crippen LogP contribution is -2.14. The molecule has 0 spiro atoms. The summed E-state index contributed by atoms with van der Waals surface area (Å²) in [4.78, 5) is 16.7. The van der Waals surface area contributed by atoms with Gasteiger partial charge in [0.25, 0.3) is 5.91 Å². The van der Waals surface area contributed by atoms with Crippen LogP contribution in [0.25, 0.3) is 5.69 Å². The van der Waals surface area contributed by atoms with Gasteiger partial charge in [-0.1, -0.05) is 35.1 Å². The molecule has 3 aromatic rings. The van der Waals surface area contributed by atoms with Gasteiger partial charge in [-0.3, -0.25) is 10.1 Å². The summed E-state index contributed by atoms with van der Waals surface area (Å²) in [5.74, 6) is 0.777.